The molecule has 0 aliphatic rings. The van der Waals surface area contributed by atoms with E-state index in [4.69, 9.17) is 4.74 Å². The van der Waals surface area contributed by atoms with Crippen LogP contribution in [0.15, 0.2) is 60.8 Å². The number of nitrogens with zero attached hydrogens (tertiary/aromatic N) is 2. The Hall–Kier alpha value is -3.41. The maximum Gasteiger partial charge on any atom is 0.342 e. The van der Waals surface area contributed by atoms with Crippen LogP contribution in [0.1, 0.15) is 35.3 Å². The minimum absolute atomic E-state index is 0.0158. The van der Waals surface area contributed by atoms with Crippen LogP contribution >= 0.6 is 0 Å². The zero-order valence-electron chi connectivity index (χ0n) is 16.9. The zero-order chi connectivity index (χ0) is 20.8. The highest BCUT2D eigenvalue weighted by molar-refractivity contribution is 5.97. The number of amides is 1. The first-order valence-electron chi connectivity index (χ1n) is 9.57. The molecular formula is C23H25N3O3. The lowest BCUT2D eigenvalue weighted by atomic mass is 10.1. The topological polar surface area (TPSA) is 73.2 Å². The SMILES string of the molecule is Cc1ccc(-c2nn(Cc3ccccc3)cc2C(=O)OCC(=O)NC(C)C)cc1. The minimum Gasteiger partial charge on any atom is -0.452 e. The monoisotopic (exact) mass is 391 g/mol. The molecule has 0 spiro atoms. The lowest BCUT2D eigenvalue weighted by Crippen LogP contribution is -2.34. The Morgan fingerprint density at radius 3 is 2.41 bits per heavy atom. The minimum atomic E-state index is -0.571. The van der Waals surface area contributed by atoms with Crippen molar-refractivity contribution in [2.45, 2.75) is 33.4 Å². The Morgan fingerprint density at radius 1 is 1.07 bits per heavy atom. The molecule has 0 radical (unpaired) electrons. The van der Waals surface area contributed by atoms with Crippen LogP contribution in [0, 0.1) is 6.92 Å². The molecule has 0 aliphatic heterocycles. The fourth-order valence-electron chi connectivity index (χ4n) is 2.92. The van der Waals surface area contributed by atoms with E-state index in [0.717, 1.165) is 16.7 Å². The summed E-state index contributed by atoms with van der Waals surface area (Å²) in [6.07, 6.45) is 1.67. The number of rotatable bonds is 7. The zero-order valence-corrected chi connectivity index (χ0v) is 16.9. The Labute approximate surface area is 170 Å². The average molecular weight is 391 g/mol. The number of ether oxygens (including phenoxy) is 1. The second kappa shape index (κ2) is 9.19. The van der Waals surface area contributed by atoms with Gasteiger partial charge in [-0.1, -0.05) is 60.2 Å². The van der Waals surface area contributed by atoms with Gasteiger partial charge in [0.2, 0.25) is 0 Å². The van der Waals surface area contributed by atoms with Crippen molar-refractivity contribution < 1.29 is 14.3 Å². The molecule has 29 heavy (non-hydrogen) atoms. The Morgan fingerprint density at radius 2 is 1.76 bits per heavy atom. The first-order chi connectivity index (χ1) is 13.9. The van der Waals surface area contributed by atoms with Crippen LogP contribution in [-0.4, -0.2) is 34.3 Å². The van der Waals surface area contributed by atoms with Gasteiger partial charge in [-0.25, -0.2) is 4.79 Å². The predicted molar refractivity (Wildman–Crippen MR) is 112 cm³/mol. The van der Waals surface area contributed by atoms with E-state index in [1.165, 1.54) is 0 Å². The van der Waals surface area contributed by atoms with Gasteiger partial charge in [0, 0.05) is 17.8 Å². The maximum atomic E-state index is 12.7. The lowest BCUT2D eigenvalue weighted by Gasteiger charge is -2.09. The second-order valence-corrected chi connectivity index (χ2v) is 7.24. The summed E-state index contributed by atoms with van der Waals surface area (Å²) in [7, 11) is 0. The van der Waals surface area contributed by atoms with Crippen molar-refractivity contribution in [3.8, 4) is 11.3 Å². The van der Waals surface area contributed by atoms with Gasteiger partial charge >= 0.3 is 5.97 Å². The summed E-state index contributed by atoms with van der Waals surface area (Å²) in [5.41, 5.74) is 3.88. The highest BCUT2D eigenvalue weighted by atomic mass is 16.5. The number of carbonyl (C=O) groups is 2. The largest absolute Gasteiger partial charge is 0.452 e. The summed E-state index contributed by atoms with van der Waals surface area (Å²) in [5.74, 6) is -0.902. The van der Waals surface area contributed by atoms with Crippen LogP contribution < -0.4 is 5.32 Å². The van der Waals surface area contributed by atoms with Crippen molar-refractivity contribution in [1.82, 2.24) is 15.1 Å². The average Bonchev–Trinajstić information content (AvgIpc) is 3.11. The van der Waals surface area contributed by atoms with Gasteiger partial charge in [0.15, 0.2) is 6.61 Å². The van der Waals surface area contributed by atoms with Gasteiger partial charge in [0.25, 0.3) is 5.91 Å². The van der Waals surface area contributed by atoms with Gasteiger partial charge in [-0.3, -0.25) is 9.48 Å². The third-order valence-corrected chi connectivity index (χ3v) is 4.28. The molecule has 0 saturated heterocycles. The van der Waals surface area contributed by atoms with E-state index in [1.54, 1.807) is 10.9 Å². The quantitative estimate of drug-likeness (QED) is 0.625. The van der Waals surface area contributed by atoms with E-state index < -0.39 is 5.97 Å². The molecular weight excluding hydrogens is 366 g/mol. The summed E-state index contributed by atoms with van der Waals surface area (Å²) in [6.45, 7) is 5.90. The number of esters is 1. The number of aryl methyl sites for hydroxylation is 1. The molecule has 1 amide bonds. The summed E-state index contributed by atoms with van der Waals surface area (Å²) < 4.78 is 6.95. The predicted octanol–water partition coefficient (Wildman–Crippen LogP) is 3.59. The lowest BCUT2D eigenvalue weighted by molar-refractivity contribution is -0.124. The maximum absolute atomic E-state index is 12.7. The summed E-state index contributed by atoms with van der Waals surface area (Å²) in [4.78, 5) is 24.5. The van der Waals surface area contributed by atoms with Gasteiger partial charge in [0.05, 0.1) is 6.54 Å². The molecule has 0 aliphatic carbocycles. The van der Waals surface area contributed by atoms with E-state index in [2.05, 4.69) is 10.4 Å². The van der Waals surface area contributed by atoms with E-state index in [1.807, 2.05) is 75.4 Å². The van der Waals surface area contributed by atoms with Crippen molar-refractivity contribution in [1.29, 1.82) is 0 Å². The molecule has 6 nitrogen and oxygen atoms in total. The van der Waals surface area contributed by atoms with Crippen molar-refractivity contribution in [2.24, 2.45) is 0 Å². The molecule has 1 heterocycles. The molecule has 2 aromatic carbocycles. The molecule has 0 fully saturated rings. The molecule has 0 bridgehead atoms. The van der Waals surface area contributed by atoms with Crippen LogP contribution in [0.2, 0.25) is 0 Å². The molecule has 0 saturated carbocycles. The van der Waals surface area contributed by atoms with E-state index >= 15 is 0 Å². The van der Waals surface area contributed by atoms with Crippen molar-refractivity contribution in [2.75, 3.05) is 6.61 Å². The Kier molecular flexibility index (Phi) is 6.44. The first kappa shape index (κ1) is 20.3. The summed E-state index contributed by atoms with van der Waals surface area (Å²) >= 11 is 0. The van der Waals surface area contributed by atoms with Crippen LogP contribution in [-0.2, 0) is 16.1 Å². The Bertz CT molecular complexity index is 976. The van der Waals surface area contributed by atoms with Crippen LogP contribution in [0.4, 0.5) is 0 Å². The highest BCUT2D eigenvalue weighted by Gasteiger charge is 2.20. The third kappa shape index (κ3) is 5.54. The normalized spacial score (nSPS) is 10.8. The molecule has 1 aromatic heterocycles. The molecule has 0 atom stereocenters. The fraction of sp³-hybridized carbons (Fsp3) is 0.261. The van der Waals surface area contributed by atoms with Gasteiger partial charge in [-0.2, -0.15) is 5.10 Å². The van der Waals surface area contributed by atoms with Crippen molar-refractivity contribution in [3.05, 3.63) is 77.5 Å². The van der Waals surface area contributed by atoms with E-state index in [9.17, 15) is 9.59 Å². The smallest absolute Gasteiger partial charge is 0.342 e. The van der Waals surface area contributed by atoms with Crippen LogP contribution in [0.25, 0.3) is 11.3 Å². The van der Waals surface area contributed by atoms with E-state index in [-0.39, 0.29) is 18.6 Å². The fourth-order valence-corrected chi connectivity index (χ4v) is 2.92. The van der Waals surface area contributed by atoms with Crippen molar-refractivity contribution in [3.63, 3.8) is 0 Å². The third-order valence-electron chi connectivity index (χ3n) is 4.28. The van der Waals surface area contributed by atoms with Crippen LogP contribution in [0.3, 0.4) is 0 Å². The number of hydrogen-bond donors (Lipinski definition) is 1. The van der Waals surface area contributed by atoms with E-state index in [0.29, 0.717) is 17.8 Å². The Balaban J connectivity index is 1.85. The second-order valence-electron chi connectivity index (χ2n) is 7.24. The molecule has 6 heteroatoms. The number of nitrogens with one attached hydrogen (secondary N) is 1. The summed E-state index contributed by atoms with van der Waals surface area (Å²) in [5, 5.41) is 7.32. The van der Waals surface area contributed by atoms with Crippen molar-refractivity contribution >= 4 is 11.9 Å². The molecule has 0 unspecified atom stereocenters. The number of hydrogen-bond acceptors (Lipinski definition) is 4. The number of aromatic nitrogens is 2. The van der Waals surface area contributed by atoms with Gasteiger partial charge in [-0.15, -0.1) is 0 Å². The van der Waals surface area contributed by atoms with Gasteiger partial charge in [-0.05, 0) is 26.3 Å². The molecule has 1 N–H and O–H groups in total. The summed E-state index contributed by atoms with van der Waals surface area (Å²) in [6, 6.07) is 17.6. The van der Waals surface area contributed by atoms with Gasteiger partial charge in [0.1, 0.15) is 11.3 Å². The molecule has 3 aromatic rings. The van der Waals surface area contributed by atoms with Gasteiger partial charge < -0.3 is 10.1 Å². The van der Waals surface area contributed by atoms with Crippen LogP contribution in [0.5, 0.6) is 0 Å². The first-order valence-corrected chi connectivity index (χ1v) is 9.57. The number of benzene rings is 2. The molecule has 3 rings (SSSR count). The number of carbonyl (C=O) groups excluding carboxylic acids is 2. The highest BCUT2D eigenvalue weighted by Crippen LogP contribution is 2.24. The molecule has 150 valence electrons. The standard InChI is InChI=1S/C23H25N3O3/c1-16(2)24-21(27)15-29-23(28)20-14-26(13-18-7-5-4-6-8-18)25-22(20)19-11-9-17(3)10-12-19/h4-12,14,16H,13,15H2,1-3H3,(H,24,27).